The Labute approximate surface area is 89.0 Å². The van der Waals surface area contributed by atoms with Gasteiger partial charge in [-0.05, 0) is 24.7 Å². The van der Waals surface area contributed by atoms with E-state index in [2.05, 4.69) is 27.5 Å². The molecule has 1 saturated heterocycles. The van der Waals surface area contributed by atoms with E-state index in [1.807, 2.05) is 0 Å². The van der Waals surface area contributed by atoms with Crippen molar-refractivity contribution in [2.24, 2.45) is 11.8 Å². The summed E-state index contributed by atoms with van der Waals surface area (Å²) in [6.07, 6.45) is 6.03. The Hall–Kier alpha value is 0.690. The van der Waals surface area contributed by atoms with Gasteiger partial charge in [0, 0.05) is 24.1 Å². The molecule has 0 N–H and O–H groups in total. The first kappa shape index (κ1) is 9.25. The fourth-order valence-corrected chi connectivity index (χ4v) is 3.49. The first-order valence-corrected chi connectivity index (χ1v) is 6.71. The summed E-state index contributed by atoms with van der Waals surface area (Å²) in [5, 5.41) is 0. The van der Waals surface area contributed by atoms with Gasteiger partial charge in [0.1, 0.15) is 0 Å². The van der Waals surface area contributed by atoms with Gasteiger partial charge in [-0.1, -0.05) is 35.4 Å². The summed E-state index contributed by atoms with van der Waals surface area (Å²) in [6, 6.07) is 0. The summed E-state index contributed by atoms with van der Waals surface area (Å²) in [6.45, 7) is 4.15. The topological polar surface area (TPSA) is 3.24 Å². The molecule has 2 aliphatic rings. The molecule has 2 atom stereocenters. The molecule has 0 radical (unpaired) electrons. The van der Waals surface area contributed by atoms with Crippen molar-refractivity contribution in [2.45, 2.75) is 25.7 Å². The van der Waals surface area contributed by atoms with E-state index in [-0.39, 0.29) is 0 Å². The lowest BCUT2D eigenvalue weighted by Gasteiger charge is -2.23. The molecule has 0 aromatic rings. The lowest BCUT2D eigenvalue weighted by Crippen LogP contribution is -2.22. The van der Waals surface area contributed by atoms with E-state index in [9.17, 15) is 0 Å². The van der Waals surface area contributed by atoms with Crippen LogP contribution in [0, 0.1) is 11.8 Å². The molecule has 0 aromatic heterocycles. The highest BCUT2D eigenvalue weighted by Crippen LogP contribution is 2.35. The van der Waals surface area contributed by atoms with Gasteiger partial charge in [0.15, 0.2) is 0 Å². The molecule has 1 saturated carbocycles. The zero-order valence-corrected chi connectivity index (χ0v) is 9.79. The van der Waals surface area contributed by atoms with Crippen LogP contribution in [-0.4, -0.2) is 29.0 Å². The van der Waals surface area contributed by atoms with Crippen LogP contribution < -0.4 is 0 Å². The molecule has 1 nitrogen and oxygen atoms in total. The van der Waals surface area contributed by atoms with Crippen LogP contribution in [0.15, 0.2) is 0 Å². The molecule has 1 heterocycles. The third kappa shape index (κ3) is 1.95. The molecule has 1 aliphatic heterocycles. The third-order valence-corrected chi connectivity index (χ3v) is 3.94. The summed E-state index contributed by atoms with van der Waals surface area (Å²) in [5.74, 6) is 2.14. The Morgan fingerprint density at radius 2 is 1.67 bits per heavy atom. The van der Waals surface area contributed by atoms with Crippen molar-refractivity contribution >= 4 is 22.6 Å². The quantitative estimate of drug-likeness (QED) is 0.554. The Balaban J connectivity index is 1.85. The minimum atomic E-state index is 1.07. The molecule has 1 aliphatic carbocycles. The van der Waals surface area contributed by atoms with E-state index in [0.29, 0.717) is 0 Å². The Morgan fingerprint density at radius 3 is 2.17 bits per heavy atom. The van der Waals surface area contributed by atoms with Gasteiger partial charge in [-0.25, -0.2) is 0 Å². The van der Waals surface area contributed by atoms with E-state index in [1.165, 1.54) is 49.7 Å². The van der Waals surface area contributed by atoms with E-state index in [0.717, 1.165) is 11.8 Å². The molecule has 2 unspecified atom stereocenters. The van der Waals surface area contributed by atoms with Crippen LogP contribution in [0.2, 0.25) is 0 Å². The Morgan fingerprint density at radius 1 is 1.08 bits per heavy atom. The summed E-state index contributed by atoms with van der Waals surface area (Å²) < 4.78 is 1.30. The largest absolute Gasteiger partial charge is 0.302 e. The van der Waals surface area contributed by atoms with Gasteiger partial charge >= 0.3 is 0 Å². The molecule has 2 heteroatoms. The van der Waals surface area contributed by atoms with Gasteiger partial charge in [-0.3, -0.25) is 0 Å². The summed E-state index contributed by atoms with van der Waals surface area (Å²) in [4.78, 5) is 2.67. The third-order valence-electron chi connectivity index (χ3n) is 3.45. The maximum absolute atomic E-state index is 2.67. The Kier molecular flexibility index (Phi) is 3.29. The van der Waals surface area contributed by atoms with Crippen LogP contribution in [0.1, 0.15) is 25.7 Å². The van der Waals surface area contributed by atoms with Crippen LogP contribution >= 0.6 is 22.6 Å². The van der Waals surface area contributed by atoms with Gasteiger partial charge in [-0.15, -0.1) is 0 Å². The second kappa shape index (κ2) is 4.27. The number of fused-ring (bicyclic) bond motifs is 1. The molecule has 2 fully saturated rings. The minimum Gasteiger partial charge on any atom is -0.302 e. The fourth-order valence-electron chi connectivity index (χ4n) is 2.81. The van der Waals surface area contributed by atoms with Crippen LogP contribution in [0.4, 0.5) is 0 Å². The van der Waals surface area contributed by atoms with Crippen molar-refractivity contribution in [2.75, 3.05) is 24.1 Å². The van der Waals surface area contributed by atoms with Crippen molar-refractivity contribution < 1.29 is 0 Å². The molecule has 0 bridgehead atoms. The van der Waals surface area contributed by atoms with E-state index < -0.39 is 0 Å². The number of rotatable bonds is 2. The molecular weight excluding hydrogens is 261 g/mol. The van der Waals surface area contributed by atoms with Crippen LogP contribution in [0.5, 0.6) is 0 Å². The number of halogens is 1. The fraction of sp³-hybridized carbons (Fsp3) is 1.00. The van der Waals surface area contributed by atoms with Crippen molar-refractivity contribution in [3.05, 3.63) is 0 Å². The average Bonchev–Trinajstić information content (AvgIpc) is 2.47. The molecular formula is C10H18IN. The van der Waals surface area contributed by atoms with Crippen molar-refractivity contribution in [1.29, 1.82) is 0 Å². The van der Waals surface area contributed by atoms with Crippen molar-refractivity contribution in [1.82, 2.24) is 4.90 Å². The smallest absolute Gasteiger partial charge is 0.0123 e. The SMILES string of the molecule is ICCN1CC2CCCCC2C1. The highest BCUT2D eigenvalue weighted by atomic mass is 127. The van der Waals surface area contributed by atoms with Gasteiger partial charge in [-0.2, -0.15) is 0 Å². The van der Waals surface area contributed by atoms with E-state index in [4.69, 9.17) is 0 Å². The second-order valence-electron chi connectivity index (χ2n) is 4.25. The van der Waals surface area contributed by atoms with Crippen LogP contribution in [0.25, 0.3) is 0 Å². The highest BCUT2D eigenvalue weighted by Gasteiger charge is 2.33. The molecule has 0 amide bonds. The van der Waals surface area contributed by atoms with Gasteiger partial charge < -0.3 is 4.90 Å². The molecule has 0 spiro atoms. The number of likely N-dealkylation sites (tertiary alicyclic amines) is 1. The lowest BCUT2D eigenvalue weighted by atomic mass is 9.82. The normalized spacial score (nSPS) is 36.8. The van der Waals surface area contributed by atoms with Crippen molar-refractivity contribution in [3.8, 4) is 0 Å². The molecule has 70 valence electrons. The van der Waals surface area contributed by atoms with E-state index >= 15 is 0 Å². The second-order valence-corrected chi connectivity index (χ2v) is 5.33. The summed E-state index contributed by atoms with van der Waals surface area (Å²) >= 11 is 2.49. The number of hydrogen-bond acceptors (Lipinski definition) is 1. The zero-order valence-electron chi connectivity index (χ0n) is 7.64. The van der Waals surface area contributed by atoms with Crippen LogP contribution in [-0.2, 0) is 0 Å². The maximum Gasteiger partial charge on any atom is 0.0123 e. The first-order valence-electron chi connectivity index (χ1n) is 5.18. The lowest BCUT2D eigenvalue weighted by molar-refractivity contribution is 0.299. The van der Waals surface area contributed by atoms with Crippen molar-refractivity contribution in [3.63, 3.8) is 0 Å². The average molecular weight is 279 g/mol. The number of alkyl halides is 1. The number of hydrogen-bond donors (Lipinski definition) is 0. The van der Waals surface area contributed by atoms with Gasteiger partial charge in [0.2, 0.25) is 0 Å². The summed E-state index contributed by atoms with van der Waals surface area (Å²) in [7, 11) is 0. The maximum atomic E-state index is 2.67. The predicted molar refractivity (Wildman–Crippen MR) is 60.8 cm³/mol. The number of nitrogens with zero attached hydrogens (tertiary/aromatic N) is 1. The van der Waals surface area contributed by atoms with E-state index in [1.54, 1.807) is 0 Å². The Bertz CT molecular complexity index is 135. The molecule has 12 heavy (non-hydrogen) atoms. The van der Waals surface area contributed by atoms with Crippen LogP contribution in [0.3, 0.4) is 0 Å². The van der Waals surface area contributed by atoms with Gasteiger partial charge in [0.25, 0.3) is 0 Å². The standard InChI is InChI=1S/C10H18IN/c11-5-6-12-7-9-3-1-2-4-10(9)8-12/h9-10H,1-8H2. The monoisotopic (exact) mass is 279 g/mol. The first-order chi connectivity index (χ1) is 5.90. The zero-order chi connectivity index (χ0) is 8.39. The molecule has 0 aromatic carbocycles. The van der Waals surface area contributed by atoms with Gasteiger partial charge in [0.05, 0.1) is 0 Å². The highest BCUT2D eigenvalue weighted by molar-refractivity contribution is 14.1. The summed E-state index contributed by atoms with van der Waals surface area (Å²) in [5.41, 5.74) is 0. The predicted octanol–water partition coefficient (Wildman–Crippen LogP) is 2.54. The molecule has 2 rings (SSSR count). The minimum absolute atomic E-state index is 1.07.